The highest BCUT2D eigenvalue weighted by Crippen LogP contribution is 2.39. The molecule has 0 aromatic rings. The van der Waals surface area contributed by atoms with E-state index in [2.05, 4.69) is 20.6 Å². The second kappa shape index (κ2) is 20.3. The standard InChI is InChI=1S/C12H20O14S.C12H20O11.CH3NO.ClHO3S/c13-5-3(2-23-27(19,20)21)24-10(7(15)6(5)14)26-8-4-1-22-9(8)12(17,18)11(16)25-4;13-1-3-5(14)6(15)7(16)10(21-3)23-8-4-2-20-9(8)12(18,19)11(17)22-4;2-1-3;1-5(2,3)4/h3-11,13-18H,1-2H2,(H,19,20,21);3-11,13-19H,1-2H2;1H,(H2,2,3);(H,2,3,4)/t2*3?,4?,5-,6?,7-,8+,9?,10-,11+;;/m00../s1. The van der Waals surface area contributed by atoms with E-state index in [-0.39, 0.29) is 19.6 Å². The van der Waals surface area contributed by atoms with E-state index in [9.17, 15) is 69.7 Å². The molecule has 6 saturated heterocycles. The summed E-state index contributed by atoms with van der Waals surface area (Å²) in [6, 6.07) is 0. The number of hydrogen-bond donors (Lipinski definition) is 16. The maximum Gasteiger partial charge on any atom is 0.397 e. The fourth-order valence-corrected chi connectivity index (χ4v) is 6.37. The number of rotatable bonds is 8. The molecule has 8 unspecified atom stereocenters. The number of fused-ring (bicyclic) bond motifs is 4. The number of carbonyl (C=O) groups excluding carboxylic acids is 1. The van der Waals surface area contributed by atoms with Crippen LogP contribution in [0.15, 0.2) is 0 Å². The Hall–Kier alpha value is -1.30. The molecule has 58 heavy (non-hydrogen) atoms. The highest BCUT2D eigenvalue weighted by Gasteiger charge is 2.63. The van der Waals surface area contributed by atoms with Crippen molar-refractivity contribution in [2.45, 2.75) is 122 Å². The van der Waals surface area contributed by atoms with E-state index in [4.69, 9.17) is 65.3 Å². The Morgan fingerprint density at radius 1 is 0.655 bits per heavy atom. The molecule has 0 spiro atoms. The molecule has 17 N–H and O–H groups in total. The summed E-state index contributed by atoms with van der Waals surface area (Å²) < 4.78 is 101. The van der Waals surface area contributed by atoms with Crippen LogP contribution >= 0.6 is 10.7 Å². The molecule has 6 fully saturated rings. The molecule has 30 nitrogen and oxygen atoms in total. The number of aliphatic hydroxyl groups excluding tert-OH is 9. The summed E-state index contributed by atoms with van der Waals surface area (Å²) in [5.41, 5.74) is 4.17. The Balaban J connectivity index is 0.000000264. The zero-order valence-corrected chi connectivity index (χ0v) is 31.4. The lowest BCUT2D eigenvalue weighted by Gasteiger charge is -2.44. The first-order valence-corrected chi connectivity index (χ1v) is 19.8. The van der Waals surface area contributed by atoms with Crippen LogP contribution in [0.25, 0.3) is 0 Å². The third-order valence-corrected chi connectivity index (χ3v) is 9.30. The van der Waals surface area contributed by atoms with Gasteiger partial charge >= 0.3 is 19.7 Å². The molecule has 0 aromatic carbocycles. The van der Waals surface area contributed by atoms with Gasteiger partial charge in [0.05, 0.1) is 26.4 Å². The minimum Gasteiger partial charge on any atom is -0.394 e. The Morgan fingerprint density at radius 2 is 1.00 bits per heavy atom. The summed E-state index contributed by atoms with van der Waals surface area (Å²) in [4.78, 5) is 8.58. The molecular formula is C25H44ClNO29S2. The van der Waals surface area contributed by atoms with Gasteiger partial charge in [0.1, 0.15) is 85.5 Å². The van der Waals surface area contributed by atoms with Crippen molar-refractivity contribution >= 4 is 36.8 Å². The number of nitrogens with two attached hydrogens (primary N) is 1. The van der Waals surface area contributed by atoms with Gasteiger partial charge in [0.25, 0.3) is 0 Å². The highest BCUT2D eigenvalue weighted by molar-refractivity contribution is 8.09. The van der Waals surface area contributed by atoms with Crippen molar-refractivity contribution in [1.29, 1.82) is 0 Å². The zero-order valence-electron chi connectivity index (χ0n) is 29.0. The number of hydrogen-bond acceptors (Lipinski definition) is 27. The van der Waals surface area contributed by atoms with Crippen LogP contribution in [0.1, 0.15) is 0 Å². The van der Waals surface area contributed by atoms with Crippen LogP contribution in [0.4, 0.5) is 0 Å². The summed E-state index contributed by atoms with van der Waals surface area (Å²) in [6.07, 6.45) is -26.8. The minimum atomic E-state index is -4.86. The molecule has 0 aliphatic carbocycles. The quantitative estimate of drug-likeness (QED) is 0.0465. The van der Waals surface area contributed by atoms with E-state index < -0.39 is 155 Å². The lowest BCUT2D eigenvalue weighted by Crippen LogP contribution is -2.66. The van der Waals surface area contributed by atoms with E-state index in [0.717, 1.165) is 0 Å². The summed E-state index contributed by atoms with van der Waals surface area (Å²) >= 11 is 0. The topological polar surface area (TPSA) is 498 Å². The number of aliphatic hydroxyl groups is 13. The molecule has 33 heteroatoms. The number of amides is 1. The Labute approximate surface area is 330 Å². The molecule has 0 radical (unpaired) electrons. The molecular weight excluding hydrogens is 878 g/mol. The SMILES string of the molecule is NC=O.O=S(=O)(O)Cl.O=S(=O)(O)OCC1O[C@@H](O[C@@H]2C3COC2C(O)(O)[C@H](O)O3)[C@@H](O)C(O)[C@H]1O.OCC1O[C@@H](O[C@@H]2C3COC2C(O)(O)[C@H](O)O3)[C@@H](O)C(O)[C@H]1O. The molecule has 4 bridgehead atoms. The average Bonchev–Trinajstić information content (AvgIpc) is 3.64. The third kappa shape index (κ3) is 12.4. The molecule has 342 valence electrons. The van der Waals surface area contributed by atoms with Crippen molar-refractivity contribution in [3.63, 3.8) is 0 Å². The maximum absolute atomic E-state index is 10.7. The summed E-state index contributed by atoms with van der Waals surface area (Å²) in [5.74, 6) is -5.56. The second-order valence-electron chi connectivity index (χ2n) is 12.8. The summed E-state index contributed by atoms with van der Waals surface area (Å²) in [5, 5.41) is 127. The van der Waals surface area contributed by atoms with Crippen LogP contribution in [0.5, 0.6) is 0 Å². The first kappa shape index (κ1) is 51.1. The van der Waals surface area contributed by atoms with Crippen LogP contribution < -0.4 is 5.73 Å². The van der Waals surface area contributed by atoms with Gasteiger partial charge < -0.3 is 110 Å². The van der Waals surface area contributed by atoms with Gasteiger partial charge in [-0.3, -0.25) is 13.9 Å². The highest BCUT2D eigenvalue weighted by atomic mass is 35.7. The normalized spacial score (nSPS) is 44.0. The van der Waals surface area contributed by atoms with E-state index in [1.165, 1.54) is 0 Å². The molecule has 0 aromatic heterocycles. The van der Waals surface area contributed by atoms with Crippen molar-refractivity contribution < 1.29 is 139 Å². The van der Waals surface area contributed by atoms with E-state index in [1.54, 1.807) is 0 Å². The van der Waals surface area contributed by atoms with Gasteiger partial charge in [-0.1, -0.05) is 0 Å². The molecule has 0 saturated carbocycles. The number of carbonyl (C=O) groups is 1. The third-order valence-electron chi connectivity index (χ3n) is 8.86. The van der Waals surface area contributed by atoms with Crippen LogP contribution in [0.3, 0.4) is 0 Å². The van der Waals surface area contributed by atoms with E-state index >= 15 is 0 Å². The molecule has 1 amide bonds. The van der Waals surface area contributed by atoms with Gasteiger partial charge in [0.2, 0.25) is 30.6 Å². The second-order valence-corrected chi connectivity index (χ2v) is 15.9. The fraction of sp³-hybridized carbons (Fsp3) is 0.960. The smallest absolute Gasteiger partial charge is 0.394 e. The molecule has 18 atom stereocenters. The van der Waals surface area contributed by atoms with Crippen LogP contribution in [-0.2, 0) is 66.6 Å². The number of halogens is 1. The predicted molar refractivity (Wildman–Crippen MR) is 171 cm³/mol. The molecule has 6 aliphatic rings. The largest absolute Gasteiger partial charge is 0.397 e. The predicted octanol–water partition coefficient (Wildman–Crippen LogP) is -11.1. The first-order chi connectivity index (χ1) is 26.6. The average molecular weight is 922 g/mol. The van der Waals surface area contributed by atoms with Crippen molar-refractivity contribution in [3.05, 3.63) is 0 Å². The lowest BCUT2D eigenvalue weighted by molar-refractivity contribution is -0.391. The van der Waals surface area contributed by atoms with Gasteiger partial charge in [0.15, 0.2) is 12.6 Å². The van der Waals surface area contributed by atoms with Crippen molar-refractivity contribution in [3.8, 4) is 0 Å². The molecule has 6 rings (SSSR count). The van der Waals surface area contributed by atoms with Gasteiger partial charge in [-0.05, 0) is 0 Å². The first-order valence-electron chi connectivity index (χ1n) is 16.2. The van der Waals surface area contributed by atoms with Crippen molar-refractivity contribution in [2.24, 2.45) is 5.73 Å². The molecule has 6 heterocycles. The van der Waals surface area contributed by atoms with Crippen molar-refractivity contribution in [2.75, 3.05) is 26.4 Å². The van der Waals surface area contributed by atoms with Gasteiger partial charge in [-0.2, -0.15) is 16.8 Å². The van der Waals surface area contributed by atoms with Crippen LogP contribution in [0, 0.1) is 0 Å². The van der Waals surface area contributed by atoms with Crippen molar-refractivity contribution in [1.82, 2.24) is 0 Å². The Kier molecular flexibility index (Phi) is 17.8. The van der Waals surface area contributed by atoms with E-state index in [1.807, 2.05) is 0 Å². The maximum atomic E-state index is 10.7. The molecule has 6 aliphatic heterocycles. The lowest BCUT2D eigenvalue weighted by atomic mass is 9.97. The number of primary amides is 1. The summed E-state index contributed by atoms with van der Waals surface area (Å²) in [7, 11) is -5.00. The monoisotopic (exact) mass is 921 g/mol. The minimum absolute atomic E-state index is 0.0906. The Bertz CT molecular complexity index is 1530. The fourth-order valence-electron chi connectivity index (χ4n) is 6.07. The zero-order chi connectivity index (χ0) is 44.3. The Morgan fingerprint density at radius 3 is 1.34 bits per heavy atom. The van der Waals surface area contributed by atoms with Gasteiger partial charge in [0, 0.05) is 10.7 Å². The van der Waals surface area contributed by atoms with Crippen LogP contribution in [0.2, 0.25) is 0 Å². The number of ether oxygens (including phenoxy) is 8. The van der Waals surface area contributed by atoms with Gasteiger partial charge in [-0.25, -0.2) is 4.18 Å². The summed E-state index contributed by atoms with van der Waals surface area (Å²) in [6.45, 7) is -1.81. The van der Waals surface area contributed by atoms with E-state index in [0.29, 0.717) is 0 Å². The van der Waals surface area contributed by atoms with Gasteiger partial charge in [-0.15, -0.1) is 0 Å². The van der Waals surface area contributed by atoms with Crippen LogP contribution in [-0.4, -0.2) is 247 Å².